The second-order valence-electron chi connectivity index (χ2n) is 19.2. The zero-order valence-electron chi connectivity index (χ0n) is 43.7. The lowest BCUT2D eigenvalue weighted by molar-refractivity contribution is -0.165. The van der Waals surface area contributed by atoms with Crippen molar-refractivity contribution in [2.75, 3.05) is 19.1 Å². The Kier molecular flexibility index (Phi) is 22.8. The number of likely N-dealkylation sites (N-methyl/N-ethyl adjacent to an activating group) is 1. The molecular weight excluding hydrogens is 977 g/mol. The zero-order chi connectivity index (χ0) is 55.0. The molecule has 8 amide bonds. The SMILES string of the molecule is C/C=C1\NC(=O)C(NC(=O)[C@H](CCS(C)=O)NC(=O)[C@@H](NC(=O)CCC)[C@@H](C)CC)C(C)OC(=O)[C@H](C(C)C)NC(=O)[C@H](Cc2ccc(O)cc2)N(C)C(=O)[C@H](Cc2ccccc2)N2C(=O)[C@H](CCC2O)NC1=O. The standard InChI is InChI=1S/C52H74N8O13S/c1-10-16-40(62)56-43(30(6)11-2)48(67)54-36(25-26-74(9)72)46(65)58-44-31(7)73-52(71)42(29(4)5)57-47(66)38(27-33-19-21-34(61)22-20-33)59(8)51(70)39(28-32-17-14-13-15-18-32)60-41(63)24-23-37(50(60)69)55-45(64)35(12-3)53-49(44)68/h12-15,17-22,29-31,36-39,41-44,61,63H,10-11,16,23-28H2,1-9H3,(H,53,68)(H,54,67)(H,55,64)(H,56,62)(H,57,66)(H,58,65)/b35-12-/t30-,31?,36-,37-,38-,39-,41?,42-,43-,44?,74?/m0/s1. The number of nitrogens with zero attached hydrogens (tertiary/aromatic N) is 2. The number of aromatic hydroxyl groups is 1. The quantitative estimate of drug-likeness (QED) is 0.0811. The fourth-order valence-electron chi connectivity index (χ4n) is 8.61. The van der Waals surface area contributed by atoms with E-state index in [0.717, 1.165) is 9.80 Å². The Balaban J connectivity index is 1.84. The Hall–Kier alpha value is -6.68. The van der Waals surface area contributed by atoms with Gasteiger partial charge >= 0.3 is 5.97 Å². The molecule has 0 spiro atoms. The van der Waals surface area contributed by atoms with Crippen LogP contribution in [0.1, 0.15) is 98.1 Å². The average Bonchev–Trinajstić information content (AvgIpc) is 3.36. The average molecular weight is 1050 g/mol. The maximum absolute atomic E-state index is 15.0. The Morgan fingerprint density at radius 2 is 1.50 bits per heavy atom. The van der Waals surface area contributed by atoms with Gasteiger partial charge in [-0.3, -0.25) is 42.6 Å². The second-order valence-corrected chi connectivity index (χ2v) is 20.8. The van der Waals surface area contributed by atoms with Crippen LogP contribution in [0.5, 0.6) is 5.75 Å². The van der Waals surface area contributed by atoms with Crippen LogP contribution in [0, 0.1) is 11.8 Å². The molecule has 21 nitrogen and oxygen atoms in total. The van der Waals surface area contributed by atoms with Crippen LogP contribution in [0.4, 0.5) is 0 Å². The van der Waals surface area contributed by atoms with Gasteiger partial charge in [0, 0.05) is 49.1 Å². The van der Waals surface area contributed by atoms with Gasteiger partial charge in [0.2, 0.25) is 35.4 Å². The number of esters is 1. The van der Waals surface area contributed by atoms with Gasteiger partial charge in [-0.1, -0.05) is 89.6 Å². The van der Waals surface area contributed by atoms with Gasteiger partial charge in [0.05, 0.1) is 0 Å². The highest BCUT2D eigenvalue weighted by molar-refractivity contribution is 7.84. The third kappa shape index (κ3) is 16.4. The number of hydrogen-bond donors (Lipinski definition) is 8. The van der Waals surface area contributed by atoms with E-state index in [0.29, 0.717) is 24.0 Å². The Morgan fingerprint density at radius 1 is 0.865 bits per heavy atom. The molecule has 406 valence electrons. The fourth-order valence-corrected chi connectivity index (χ4v) is 9.18. The Morgan fingerprint density at radius 3 is 2.09 bits per heavy atom. The van der Waals surface area contributed by atoms with Crippen molar-refractivity contribution in [3.05, 3.63) is 77.5 Å². The van der Waals surface area contributed by atoms with Crippen molar-refractivity contribution in [3.63, 3.8) is 0 Å². The van der Waals surface area contributed by atoms with E-state index in [1.54, 1.807) is 70.2 Å². The van der Waals surface area contributed by atoms with Gasteiger partial charge in [-0.2, -0.15) is 0 Å². The fraction of sp³-hybridized carbons (Fsp3) is 0.558. The van der Waals surface area contributed by atoms with E-state index < -0.39 is 124 Å². The summed E-state index contributed by atoms with van der Waals surface area (Å²) in [5.74, 6) is -8.85. The van der Waals surface area contributed by atoms with E-state index in [4.69, 9.17) is 4.74 Å². The summed E-state index contributed by atoms with van der Waals surface area (Å²) in [6.07, 6.45) is -0.000657. The number of aliphatic hydroxyl groups excluding tert-OH is 1. The first-order valence-corrected chi connectivity index (χ1v) is 26.8. The van der Waals surface area contributed by atoms with Crippen molar-refractivity contribution in [2.45, 2.75) is 154 Å². The minimum absolute atomic E-state index is 0.0625. The predicted molar refractivity (Wildman–Crippen MR) is 274 cm³/mol. The van der Waals surface area contributed by atoms with Crippen LogP contribution in [-0.4, -0.2) is 151 Å². The number of aliphatic hydroxyl groups is 1. The van der Waals surface area contributed by atoms with E-state index in [1.165, 1.54) is 45.4 Å². The molecule has 2 aromatic carbocycles. The molecular formula is C52H74N8O13S. The molecule has 0 radical (unpaired) electrons. The first-order valence-electron chi connectivity index (χ1n) is 25.1. The molecule has 11 atom stereocenters. The third-order valence-electron chi connectivity index (χ3n) is 13.2. The van der Waals surface area contributed by atoms with Crippen LogP contribution >= 0.6 is 0 Å². The third-order valence-corrected chi connectivity index (χ3v) is 14.1. The first kappa shape index (κ1) is 59.9. The van der Waals surface area contributed by atoms with Crippen LogP contribution in [0.15, 0.2) is 66.4 Å². The van der Waals surface area contributed by atoms with Gasteiger partial charge in [0.15, 0.2) is 0 Å². The van der Waals surface area contributed by atoms with E-state index >= 15 is 4.79 Å². The molecule has 2 aliphatic rings. The zero-order valence-corrected chi connectivity index (χ0v) is 44.5. The van der Waals surface area contributed by atoms with Gasteiger partial charge in [0.1, 0.15) is 66.1 Å². The van der Waals surface area contributed by atoms with Crippen LogP contribution < -0.4 is 31.9 Å². The second kappa shape index (κ2) is 28.1. The molecule has 0 saturated carbocycles. The molecule has 2 saturated heterocycles. The predicted octanol–water partition coefficient (Wildman–Crippen LogP) is 0.974. The maximum atomic E-state index is 15.0. The number of amides is 8. The van der Waals surface area contributed by atoms with Crippen molar-refractivity contribution in [2.24, 2.45) is 11.8 Å². The molecule has 0 aliphatic carbocycles. The molecule has 2 heterocycles. The summed E-state index contributed by atoms with van der Waals surface area (Å²) in [7, 11) is -0.117. The number of fused-ring (bicyclic) bond motifs is 2. The number of rotatable bonds is 17. The van der Waals surface area contributed by atoms with Gasteiger partial charge < -0.3 is 56.7 Å². The highest BCUT2D eigenvalue weighted by Crippen LogP contribution is 2.26. The Labute approximate surface area is 435 Å². The summed E-state index contributed by atoms with van der Waals surface area (Å²) in [5, 5.41) is 37.3. The lowest BCUT2D eigenvalue weighted by atomic mass is 9.95. The van der Waals surface area contributed by atoms with Crippen molar-refractivity contribution in [3.8, 4) is 5.75 Å². The number of hydrogen-bond acceptors (Lipinski definition) is 13. The number of cyclic esters (lactones) is 1. The van der Waals surface area contributed by atoms with Gasteiger partial charge in [-0.15, -0.1) is 0 Å². The normalized spacial score (nSPS) is 24.7. The number of carbonyl (C=O) groups excluding carboxylic acids is 9. The van der Waals surface area contributed by atoms with E-state index in [9.17, 15) is 52.8 Å². The first-order chi connectivity index (χ1) is 35.0. The van der Waals surface area contributed by atoms with E-state index in [2.05, 4.69) is 31.9 Å². The van der Waals surface area contributed by atoms with Crippen molar-refractivity contribution in [1.29, 1.82) is 0 Å². The largest absolute Gasteiger partial charge is 0.508 e. The molecule has 2 aromatic rings. The summed E-state index contributed by atoms with van der Waals surface area (Å²) < 4.78 is 18.3. The molecule has 22 heteroatoms. The summed E-state index contributed by atoms with van der Waals surface area (Å²) in [6.45, 7) is 11.3. The number of carbonyl (C=O) groups is 9. The summed E-state index contributed by atoms with van der Waals surface area (Å²) in [5.41, 5.74) is 0.693. The molecule has 2 fully saturated rings. The minimum atomic E-state index is -1.83. The highest BCUT2D eigenvalue weighted by Gasteiger charge is 2.45. The van der Waals surface area contributed by atoms with Gasteiger partial charge in [-0.25, -0.2) is 4.79 Å². The van der Waals surface area contributed by atoms with Gasteiger partial charge in [-0.05, 0) is 74.6 Å². The number of benzene rings is 2. The van der Waals surface area contributed by atoms with Gasteiger partial charge in [0.25, 0.3) is 11.8 Å². The summed E-state index contributed by atoms with van der Waals surface area (Å²) in [4.78, 5) is 130. The topological polar surface area (TPSA) is 299 Å². The number of nitrogens with one attached hydrogen (secondary N) is 6. The summed E-state index contributed by atoms with van der Waals surface area (Å²) >= 11 is 0. The van der Waals surface area contributed by atoms with Crippen molar-refractivity contribution >= 4 is 64.0 Å². The number of phenols is 1. The van der Waals surface area contributed by atoms with Crippen molar-refractivity contribution < 1.29 is 62.3 Å². The minimum Gasteiger partial charge on any atom is -0.508 e. The van der Waals surface area contributed by atoms with Crippen LogP contribution in [0.2, 0.25) is 0 Å². The molecule has 2 bridgehead atoms. The van der Waals surface area contributed by atoms with Crippen LogP contribution in [0.3, 0.4) is 0 Å². The molecule has 8 N–H and O–H groups in total. The lowest BCUT2D eigenvalue weighted by Crippen LogP contribution is -2.64. The highest BCUT2D eigenvalue weighted by atomic mass is 32.2. The Bertz CT molecular complexity index is 2390. The van der Waals surface area contributed by atoms with Crippen molar-refractivity contribution in [1.82, 2.24) is 41.7 Å². The summed E-state index contributed by atoms with van der Waals surface area (Å²) in [6, 6.07) is 4.58. The molecule has 4 rings (SSSR count). The maximum Gasteiger partial charge on any atom is 0.329 e. The molecule has 74 heavy (non-hydrogen) atoms. The molecule has 0 aromatic heterocycles. The number of phenolic OH excluding ortho intramolecular Hbond substituents is 1. The smallest absolute Gasteiger partial charge is 0.329 e. The van der Waals surface area contributed by atoms with E-state index in [-0.39, 0.29) is 61.9 Å². The monoisotopic (exact) mass is 1050 g/mol. The number of ether oxygens (including phenoxy) is 1. The van der Waals surface area contributed by atoms with E-state index in [1.807, 2.05) is 6.92 Å². The van der Waals surface area contributed by atoms with Crippen LogP contribution in [0.25, 0.3) is 0 Å². The number of piperidine rings is 1. The van der Waals surface area contributed by atoms with Crippen LogP contribution in [-0.2, 0) is 71.5 Å². The number of allylic oxidation sites excluding steroid dienone is 1. The molecule has 4 unspecified atom stereocenters. The lowest BCUT2D eigenvalue weighted by Gasteiger charge is -2.43. The molecule has 2 aliphatic heterocycles.